The minimum absolute atomic E-state index is 0.177. The number of fused-ring (bicyclic) bond motifs is 2. The zero-order valence-corrected chi connectivity index (χ0v) is 44.3. The van der Waals surface area contributed by atoms with Crippen molar-refractivity contribution in [3.05, 3.63) is 101 Å². The average molecular weight is 1160 g/mol. The first-order valence-electron chi connectivity index (χ1n) is 24.2. The molecule has 2 aromatic carbocycles. The van der Waals surface area contributed by atoms with E-state index in [9.17, 15) is 72.9 Å². The van der Waals surface area contributed by atoms with E-state index in [1.165, 1.54) is 42.0 Å². The molecule has 6 rings (SSSR count). The largest absolute Gasteiger partial charge is 0.465 e. The van der Waals surface area contributed by atoms with Gasteiger partial charge in [-0.3, -0.25) is 15.0 Å². The predicted molar refractivity (Wildman–Crippen MR) is 265 cm³/mol. The van der Waals surface area contributed by atoms with Crippen LogP contribution in [-0.4, -0.2) is 148 Å². The van der Waals surface area contributed by atoms with Crippen LogP contribution >= 0.6 is 0 Å². The van der Waals surface area contributed by atoms with E-state index >= 15 is 8.78 Å². The van der Waals surface area contributed by atoms with E-state index < -0.39 is 125 Å². The summed E-state index contributed by atoms with van der Waals surface area (Å²) in [5.41, 5.74) is -4.75. The summed E-state index contributed by atoms with van der Waals surface area (Å²) in [4.78, 5) is 58.5. The minimum atomic E-state index is -5.30. The van der Waals surface area contributed by atoms with E-state index in [0.717, 1.165) is 32.3 Å². The zero-order chi connectivity index (χ0) is 59.4. The summed E-state index contributed by atoms with van der Waals surface area (Å²) in [6.45, 7) is -2.56. The first kappa shape index (κ1) is 62.0. The normalized spacial score (nSPS) is 17.7. The van der Waals surface area contributed by atoms with Gasteiger partial charge in [0.1, 0.15) is 29.5 Å². The topological polar surface area (TPSA) is 241 Å². The number of nitrogens with zero attached hydrogens (tertiary/aromatic N) is 6. The Balaban J connectivity index is 1.32. The second kappa shape index (κ2) is 24.2. The number of methoxy groups -OCH3 is 1. The molecule has 4 amide bonds. The molecule has 436 valence electrons. The molecule has 0 saturated carbocycles. The third-order valence-electron chi connectivity index (χ3n) is 13.9. The number of alkyl carbamates (subject to hydrolysis) is 1. The maximum absolute atomic E-state index is 16.0. The third kappa shape index (κ3) is 14.6. The quantitative estimate of drug-likeness (QED) is 0.0355. The summed E-state index contributed by atoms with van der Waals surface area (Å²) in [5.74, 6) is 0.233. The number of benzene rings is 2. The van der Waals surface area contributed by atoms with E-state index in [1.807, 2.05) is 15.6 Å². The molecule has 0 radical (unpaired) electrons. The lowest BCUT2D eigenvalue weighted by Gasteiger charge is -2.40. The van der Waals surface area contributed by atoms with Gasteiger partial charge in [-0.25, -0.2) is 41.5 Å². The fourth-order valence-corrected chi connectivity index (χ4v) is 10.5. The highest BCUT2D eigenvalue weighted by Crippen LogP contribution is 2.42. The molecule has 19 nitrogen and oxygen atoms in total. The van der Waals surface area contributed by atoms with Gasteiger partial charge in [0.2, 0.25) is 15.9 Å². The van der Waals surface area contributed by atoms with Crippen molar-refractivity contribution in [2.45, 2.75) is 109 Å². The van der Waals surface area contributed by atoms with E-state index in [4.69, 9.17) is 0 Å². The Hall–Kier alpha value is -7.23. The number of rotatable bonds is 19. The van der Waals surface area contributed by atoms with Gasteiger partial charge in [0, 0.05) is 72.9 Å². The number of sulfonamides is 1. The van der Waals surface area contributed by atoms with Crippen LogP contribution in [0, 0.1) is 34.3 Å². The Labute approximate surface area is 452 Å². The molecule has 80 heavy (non-hydrogen) atoms. The number of anilines is 1. The van der Waals surface area contributed by atoms with Gasteiger partial charge < -0.3 is 35.8 Å². The monoisotopic (exact) mass is 1160 g/mol. The third-order valence-corrected chi connectivity index (χ3v) is 15.2. The van der Waals surface area contributed by atoms with Crippen LogP contribution in [0.2, 0.25) is 0 Å². The van der Waals surface area contributed by atoms with Crippen molar-refractivity contribution in [1.29, 1.82) is 0 Å². The van der Waals surface area contributed by atoms with E-state index in [1.54, 1.807) is 16.4 Å². The molecule has 2 aromatic heterocycles. The Bertz CT molecular complexity index is 3040. The van der Waals surface area contributed by atoms with Gasteiger partial charge in [-0.15, -0.1) is 0 Å². The lowest BCUT2D eigenvalue weighted by atomic mass is 9.82. The highest BCUT2D eigenvalue weighted by molar-refractivity contribution is 7.88. The maximum atomic E-state index is 16.0. The number of aromatic nitrogens is 3. The van der Waals surface area contributed by atoms with Crippen LogP contribution in [0.4, 0.5) is 59.3 Å². The van der Waals surface area contributed by atoms with Crippen LogP contribution < -0.4 is 26.3 Å². The van der Waals surface area contributed by atoms with Crippen molar-refractivity contribution < 1.29 is 86.5 Å². The number of halogens is 10. The standard InChI is InChI=1S/C50H56F10N10O9S/c1-47(2,49(55,56)57)40(65-46(76)79-5)42(72)63-37(17-28-10-7-27(8-11-28)9-12-29-13-16-39(61-20-29)67-23-32-14-15-33(24-67)70(32)80(6,77)78)38(71)26-68(66-43(73)41(64-45(74)75)48(3,4)50(58,59)60)25-34-35(51)18-30(19-36(34)52)31-21-62-69(22-31)44(53)54/h7-8,10-11,13,16,18-22,32-33,37-38,40-41,44,64,71H,14-15,17,23-26H2,1-6H3,(H,63,72)(H,65,76)(H,66,73)(H,74,75). The number of piperazine rings is 1. The number of aliphatic hydroxyl groups is 1. The van der Waals surface area contributed by atoms with E-state index in [2.05, 4.69) is 32.0 Å². The predicted octanol–water partition coefficient (Wildman–Crippen LogP) is 6.09. The molecular weight excluding hydrogens is 1110 g/mol. The lowest BCUT2D eigenvalue weighted by molar-refractivity contribution is -0.221. The van der Waals surface area contributed by atoms with Gasteiger partial charge >= 0.3 is 31.1 Å². The summed E-state index contributed by atoms with van der Waals surface area (Å²) in [6.07, 6.45) is -11.1. The van der Waals surface area contributed by atoms with Crippen LogP contribution in [-0.2, 0) is 37.3 Å². The average Bonchev–Trinajstić information content (AvgIpc) is 3.98. The number of hydrogen-bond donors (Lipinski definition) is 6. The Morgan fingerprint density at radius 3 is 1.85 bits per heavy atom. The fraction of sp³-hybridized carbons (Fsp3) is 0.480. The summed E-state index contributed by atoms with van der Waals surface area (Å²) in [5, 5.41) is 30.8. The molecule has 2 bridgehead atoms. The first-order chi connectivity index (χ1) is 37.1. The fourth-order valence-electron chi connectivity index (χ4n) is 9.12. The van der Waals surface area contributed by atoms with Gasteiger partial charge in [-0.2, -0.15) is 44.5 Å². The second-order valence-electron chi connectivity index (χ2n) is 20.3. The van der Waals surface area contributed by atoms with Crippen LogP contribution in [0.1, 0.15) is 69.3 Å². The summed E-state index contributed by atoms with van der Waals surface area (Å²) in [6, 6.07) is 3.21. The summed E-state index contributed by atoms with van der Waals surface area (Å²) >= 11 is 0. The zero-order valence-electron chi connectivity index (χ0n) is 43.5. The summed E-state index contributed by atoms with van der Waals surface area (Å²) < 4.78 is 176. The van der Waals surface area contributed by atoms with Crippen molar-refractivity contribution in [1.82, 2.24) is 45.5 Å². The number of ether oxygens (including phenoxy) is 1. The van der Waals surface area contributed by atoms with Crippen molar-refractivity contribution in [3.63, 3.8) is 0 Å². The van der Waals surface area contributed by atoms with Crippen LogP contribution in [0.25, 0.3) is 11.1 Å². The molecule has 2 aliphatic heterocycles. The van der Waals surface area contributed by atoms with Gasteiger partial charge in [0.25, 0.3) is 5.91 Å². The Morgan fingerprint density at radius 1 is 0.812 bits per heavy atom. The highest BCUT2D eigenvalue weighted by atomic mass is 32.2. The highest BCUT2D eigenvalue weighted by Gasteiger charge is 2.57. The molecule has 4 heterocycles. The molecule has 6 N–H and O–H groups in total. The number of pyridine rings is 1. The number of carboxylic acid groups (broad SMARTS) is 1. The van der Waals surface area contributed by atoms with E-state index in [0.29, 0.717) is 74.9 Å². The Morgan fingerprint density at radius 2 is 1.36 bits per heavy atom. The number of alkyl halides is 8. The molecular formula is C50H56F10N10O9S. The number of hydrogen-bond acceptors (Lipinski definition) is 12. The van der Waals surface area contributed by atoms with Crippen LogP contribution in [0.5, 0.6) is 0 Å². The molecule has 2 saturated heterocycles. The summed E-state index contributed by atoms with van der Waals surface area (Å²) in [7, 11) is -2.59. The minimum Gasteiger partial charge on any atom is -0.465 e. The van der Waals surface area contributed by atoms with Crippen LogP contribution in [0.15, 0.2) is 67.1 Å². The van der Waals surface area contributed by atoms with Gasteiger partial charge in [-0.1, -0.05) is 24.0 Å². The number of aliphatic hydroxyl groups excluding tert-OH is 1. The van der Waals surface area contributed by atoms with Crippen LogP contribution in [0.3, 0.4) is 0 Å². The molecule has 2 fully saturated rings. The molecule has 4 aromatic rings. The van der Waals surface area contributed by atoms with Gasteiger partial charge in [0.15, 0.2) is 0 Å². The van der Waals surface area contributed by atoms with Crippen molar-refractivity contribution in [2.24, 2.45) is 10.8 Å². The van der Waals surface area contributed by atoms with Crippen molar-refractivity contribution in [3.8, 4) is 23.0 Å². The number of nitrogens with one attached hydrogen (secondary N) is 4. The second-order valence-corrected chi connectivity index (χ2v) is 22.2. The number of carbonyl (C=O) groups is 4. The maximum Gasteiger partial charge on any atom is 0.407 e. The molecule has 30 heteroatoms. The molecule has 2 aliphatic rings. The molecule has 0 aliphatic carbocycles. The van der Waals surface area contributed by atoms with Crippen molar-refractivity contribution >= 4 is 39.8 Å². The van der Waals surface area contributed by atoms with Crippen molar-refractivity contribution in [2.75, 3.05) is 37.9 Å². The molecule has 6 atom stereocenters. The first-order valence-corrected chi connectivity index (χ1v) is 26.1. The molecule has 6 unspecified atom stereocenters. The van der Waals surface area contributed by atoms with Gasteiger partial charge in [0.05, 0.1) is 42.5 Å². The lowest BCUT2D eigenvalue weighted by Crippen LogP contribution is -2.63. The van der Waals surface area contributed by atoms with Gasteiger partial charge in [-0.05, 0) is 94.5 Å². The molecule has 0 spiro atoms. The smallest absolute Gasteiger partial charge is 0.407 e. The van der Waals surface area contributed by atoms with E-state index in [-0.39, 0.29) is 33.5 Å². The number of carbonyl (C=O) groups excluding carboxylic acids is 3. The Kier molecular flexibility index (Phi) is 18.8. The number of hydrazine groups is 1. The SMILES string of the molecule is COC(=O)NC(C(=O)NC(Cc1ccc(C#Cc2ccc(N3CC4CCC(C3)N4S(C)(=O)=O)nc2)cc1)C(O)CN(Cc1c(F)cc(-c2cnn(C(F)F)c2)cc1F)NC(=O)C(NC(=O)O)C(C)(C)C(F)(F)F)C(C)(C)C(F)(F)F. The number of amides is 4.